The normalized spacial score (nSPS) is 17.6. The number of fused-ring (bicyclic) bond motifs is 1. The first-order chi connectivity index (χ1) is 13.7. The SMILES string of the molecule is CN1CCC=C(Oc2cc(Nc3cccc(F)c3)c3ncc(C4CC4)n3n2)C1. The van der Waals surface area contributed by atoms with Crippen LogP contribution in [0.25, 0.3) is 5.65 Å². The number of halogens is 1. The van der Waals surface area contributed by atoms with Crippen LogP contribution in [0.15, 0.2) is 48.4 Å². The highest BCUT2D eigenvalue weighted by Gasteiger charge is 2.28. The predicted molar refractivity (Wildman–Crippen MR) is 105 cm³/mol. The van der Waals surface area contributed by atoms with E-state index >= 15 is 0 Å². The van der Waals surface area contributed by atoms with Crippen LogP contribution in [0.2, 0.25) is 0 Å². The number of nitrogens with zero attached hydrogens (tertiary/aromatic N) is 4. The van der Waals surface area contributed by atoms with Crippen LogP contribution in [-0.4, -0.2) is 39.6 Å². The molecule has 28 heavy (non-hydrogen) atoms. The number of likely N-dealkylation sites (N-methyl/N-ethyl adjacent to an activating group) is 1. The van der Waals surface area contributed by atoms with Crippen LogP contribution >= 0.6 is 0 Å². The van der Waals surface area contributed by atoms with Crippen molar-refractivity contribution in [3.63, 3.8) is 0 Å². The molecular weight excluding hydrogens is 357 g/mol. The zero-order chi connectivity index (χ0) is 19.1. The second-order valence-corrected chi connectivity index (χ2v) is 7.52. The Morgan fingerprint density at radius 1 is 1.25 bits per heavy atom. The van der Waals surface area contributed by atoms with Crippen LogP contribution in [0.3, 0.4) is 0 Å². The molecule has 1 aromatic carbocycles. The second kappa shape index (κ2) is 6.91. The molecule has 7 heteroatoms. The molecule has 144 valence electrons. The maximum atomic E-state index is 13.6. The van der Waals surface area contributed by atoms with Crippen molar-refractivity contribution in [3.8, 4) is 5.88 Å². The zero-order valence-corrected chi connectivity index (χ0v) is 15.7. The first-order valence-electron chi connectivity index (χ1n) is 9.62. The highest BCUT2D eigenvalue weighted by Crippen LogP contribution is 2.41. The van der Waals surface area contributed by atoms with Gasteiger partial charge < -0.3 is 10.1 Å². The highest BCUT2D eigenvalue weighted by atomic mass is 19.1. The van der Waals surface area contributed by atoms with Crippen molar-refractivity contribution in [3.05, 3.63) is 59.9 Å². The van der Waals surface area contributed by atoms with Crippen molar-refractivity contribution >= 4 is 17.0 Å². The second-order valence-electron chi connectivity index (χ2n) is 7.52. The van der Waals surface area contributed by atoms with Gasteiger partial charge in [-0.2, -0.15) is 0 Å². The van der Waals surface area contributed by atoms with Crippen LogP contribution in [0.5, 0.6) is 5.88 Å². The molecule has 1 fully saturated rings. The van der Waals surface area contributed by atoms with E-state index in [-0.39, 0.29) is 5.82 Å². The molecule has 1 aliphatic carbocycles. The van der Waals surface area contributed by atoms with Crippen LogP contribution in [-0.2, 0) is 0 Å². The van der Waals surface area contributed by atoms with Gasteiger partial charge in [0, 0.05) is 24.2 Å². The number of imidazole rings is 1. The Labute approximate surface area is 162 Å². The lowest BCUT2D eigenvalue weighted by Gasteiger charge is -2.22. The third kappa shape index (κ3) is 3.45. The average Bonchev–Trinajstić information content (AvgIpc) is 3.41. The molecule has 1 saturated carbocycles. The van der Waals surface area contributed by atoms with Gasteiger partial charge in [-0.25, -0.2) is 13.9 Å². The van der Waals surface area contributed by atoms with Crippen LogP contribution in [0, 0.1) is 5.82 Å². The lowest BCUT2D eigenvalue weighted by atomic mass is 10.2. The minimum Gasteiger partial charge on any atom is -0.441 e. The molecule has 0 spiro atoms. The monoisotopic (exact) mass is 379 g/mol. The number of nitrogens with one attached hydrogen (secondary N) is 1. The summed E-state index contributed by atoms with van der Waals surface area (Å²) in [7, 11) is 2.07. The summed E-state index contributed by atoms with van der Waals surface area (Å²) in [5, 5.41) is 7.97. The van der Waals surface area contributed by atoms with Gasteiger partial charge in [-0.05, 0) is 50.6 Å². The average molecular weight is 379 g/mol. The van der Waals surface area contributed by atoms with Gasteiger partial charge in [-0.1, -0.05) is 6.07 Å². The van der Waals surface area contributed by atoms with Crippen molar-refractivity contribution < 1.29 is 9.13 Å². The number of benzene rings is 1. The van der Waals surface area contributed by atoms with E-state index in [2.05, 4.69) is 28.3 Å². The van der Waals surface area contributed by atoms with Crippen molar-refractivity contribution in [2.24, 2.45) is 0 Å². The molecule has 0 atom stereocenters. The molecule has 1 aliphatic heterocycles. The largest absolute Gasteiger partial charge is 0.441 e. The summed E-state index contributed by atoms with van der Waals surface area (Å²) in [6.07, 6.45) is 7.27. The quantitative estimate of drug-likeness (QED) is 0.724. The van der Waals surface area contributed by atoms with E-state index in [4.69, 9.17) is 9.84 Å². The Hall–Kier alpha value is -2.93. The van der Waals surface area contributed by atoms with Gasteiger partial charge in [0.25, 0.3) is 0 Å². The predicted octanol–water partition coefficient (Wildman–Crippen LogP) is 4.09. The summed E-state index contributed by atoms with van der Waals surface area (Å²) in [6, 6.07) is 8.22. The summed E-state index contributed by atoms with van der Waals surface area (Å²) in [5.41, 5.74) is 3.21. The molecule has 2 aliphatic rings. The third-order valence-corrected chi connectivity index (χ3v) is 5.12. The lowest BCUT2D eigenvalue weighted by Crippen LogP contribution is -2.27. The number of aromatic nitrogens is 3. The summed E-state index contributed by atoms with van der Waals surface area (Å²) in [5.74, 6) is 1.61. The summed E-state index contributed by atoms with van der Waals surface area (Å²) >= 11 is 0. The first-order valence-corrected chi connectivity index (χ1v) is 9.62. The summed E-state index contributed by atoms with van der Waals surface area (Å²) in [4.78, 5) is 6.78. The van der Waals surface area contributed by atoms with Gasteiger partial charge in [0.15, 0.2) is 5.65 Å². The molecule has 6 nitrogen and oxygen atoms in total. The van der Waals surface area contributed by atoms with Crippen LogP contribution in [0.4, 0.5) is 15.8 Å². The molecule has 1 N–H and O–H groups in total. The number of ether oxygens (including phenoxy) is 1. The molecule has 5 rings (SSSR count). The van der Waals surface area contributed by atoms with Crippen molar-refractivity contribution in [1.29, 1.82) is 0 Å². The van der Waals surface area contributed by atoms with Gasteiger partial charge in [0.1, 0.15) is 11.6 Å². The maximum Gasteiger partial charge on any atom is 0.239 e. The number of rotatable bonds is 5. The Kier molecular flexibility index (Phi) is 4.24. The Morgan fingerprint density at radius 2 is 2.14 bits per heavy atom. The fraction of sp³-hybridized carbons (Fsp3) is 0.333. The van der Waals surface area contributed by atoms with Crippen molar-refractivity contribution in [2.75, 3.05) is 25.5 Å². The molecule has 2 aromatic heterocycles. The fourth-order valence-electron chi connectivity index (χ4n) is 3.55. The maximum absolute atomic E-state index is 13.6. The Bertz CT molecular complexity index is 1060. The standard InChI is InChI=1S/C21H22FN5O/c1-26-9-3-6-17(13-26)28-20-11-18(24-16-5-2-4-15(22)10-16)21-23-12-19(14-7-8-14)27(21)25-20/h2,4-6,10-12,14,24H,3,7-9,13H2,1H3. The summed E-state index contributed by atoms with van der Waals surface area (Å²) in [6.45, 7) is 1.78. The lowest BCUT2D eigenvalue weighted by molar-refractivity contribution is 0.276. The molecular formula is C21H22FN5O. The fourth-order valence-corrected chi connectivity index (χ4v) is 3.55. The molecule has 0 radical (unpaired) electrons. The zero-order valence-electron chi connectivity index (χ0n) is 15.7. The topological polar surface area (TPSA) is 54.7 Å². The molecule has 0 unspecified atom stereocenters. The highest BCUT2D eigenvalue weighted by molar-refractivity contribution is 5.74. The smallest absolute Gasteiger partial charge is 0.239 e. The van der Waals surface area contributed by atoms with Gasteiger partial charge in [-0.3, -0.25) is 4.90 Å². The number of hydrogen-bond acceptors (Lipinski definition) is 5. The van der Waals surface area contributed by atoms with Gasteiger partial charge in [0.05, 0.1) is 24.1 Å². The van der Waals surface area contributed by atoms with Crippen LogP contribution in [0.1, 0.15) is 30.9 Å². The van der Waals surface area contributed by atoms with Crippen molar-refractivity contribution in [2.45, 2.75) is 25.2 Å². The minimum atomic E-state index is -0.288. The van der Waals surface area contributed by atoms with E-state index in [0.717, 1.165) is 49.5 Å². The van der Waals surface area contributed by atoms with E-state index in [9.17, 15) is 4.39 Å². The molecule has 0 saturated heterocycles. The van der Waals surface area contributed by atoms with E-state index in [1.54, 1.807) is 6.07 Å². The minimum absolute atomic E-state index is 0.288. The van der Waals surface area contributed by atoms with Gasteiger partial charge in [-0.15, -0.1) is 5.10 Å². The molecule has 3 heterocycles. The first kappa shape index (κ1) is 17.2. The Morgan fingerprint density at radius 3 is 2.93 bits per heavy atom. The number of hydrogen-bond donors (Lipinski definition) is 1. The number of anilines is 2. The molecule has 0 amide bonds. The molecule has 3 aromatic rings. The van der Waals surface area contributed by atoms with E-state index in [1.807, 2.05) is 22.8 Å². The van der Waals surface area contributed by atoms with E-state index in [0.29, 0.717) is 23.1 Å². The molecule has 0 bridgehead atoms. The third-order valence-electron chi connectivity index (χ3n) is 5.12. The van der Waals surface area contributed by atoms with E-state index < -0.39 is 0 Å². The van der Waals surface area contributed by atoms with Crippen LogP contribution < -0.4 is 10.1 Å². The van der Waals surface area contributed by atoms with E-state index in [1.165, 1.54) is 12.1 Å². The van der Waals surface area contributed by atoms with Gasteiger partial charge in [0.2, 0.25) is 5.88 Å². The van der Waals surface area contributed by atoms with Crippen molar-refractivity contribution in [1.82, 2.24) is 19.5 Å². The van der Waals surface area contributed by atoms with Gasteiger partial charge >= 0.3 is 0 Å². The summed E-state index contributed by atoms with van der Waals surface area (Å²) < 4.78 is 21.6. The Balaban J connectivity index is 1.54.